The van der Waals surface area contributed by atoms with Crippen molar-refractivity contribution in [3.63, 3.8) is 0 Å². The minimum atomic E-state index is 0.493. The molecule has 5 aliphatic rings. The topological polar surface area (TPSA) is 0 Å². The minimum Gasteiger partial charge on any atom is -0.0993 e. The molecule has 0 aromatic rings. The fraction of sp³-hybridized carbons (Fsp3) is 0.920. The Morgan fingerprint density at radius 3 is 2.40 bits per heavy atom. The molecule has 5 saturated carbocycles. The fourth-order valence-corrected chi connectivity index (χ4v) is 9.63. The summed E-state index contributed by atoms with van der Waals surface area (Å²) in [6.07, 6.45) is 11.9. The molecule has 0 aliphatic heterocycles. The molecule has 5 aliphatic carbocycles. The molecule has 0 saturated heterocycles. The van der Waals surface area contributed by atoms with E-state index >= 15 is 0 Å². The first-order valence-corrected chi connectivity index (χ1v) is 11.4. The van der Waals surface area contributed by atoms with E-state index in [9.17, 15) is 0 Å². The van der Waals surface area contributed by atoms with E-state index in [1.165, 1.54) is 51.4 Å². The van der Waals surface area contributed by atoms with Crippen molar-refractivity contribution in [2.45, 2.75) is 86.0 Å². The lowest BCUT2D eigenvalue weighted by Gasteiger charge is -2.53. The van der Waals surface area contributed by atoms with Gasteiger partial charge in [0, 0.05) is 0 Å². The summed E-state index contributed by atoms with van der Waals surface area (Å²) in [6, 6.07) is 0. The first-order chi connectivity index (χ1) is 11.7. The number of fused-ring (bicyclic) bond motifs is 7. The van der Waals surface area contributed by atoms with Crippen LogP contribution >= 0.6 is 0 Å². The van der Waals surface area contributed by atoms with Gasteiger partial charge in [0.15, 0.2) is 0 Å². The molecule has 0 N–H and O–H groups in total. The number of hydrogen-bond donors (Lipinski definition) is 0. The van der Waals surface area contributed by atoms with Gasteiger partial charge in [0.25, 0.3) is 0 Å². The Morgan fingerprint density at radius 1 is 0.960 bits per heavy atom. The van der Waals surface area contributed by atoms with Gasteiger partial charge in [0.2, 0.25) is 0 Å². The van der Waals surface area contributed by atoms with Gasteiger partial charge in [0.05, 0.1) is 0 Å². The molecule has 0 aromatic heterocycles. The second-order valence-electron chi connectivity index (χ2n) is 12.1. The van der Waals surface area contributed by atoms with Crippen molar-refractivity contribution < 1.29 is 0 Å². The predicted molar refractivity (Wildman–Crippen MR) is 106 cm³/mol. The van der Waals surface area contributed by atoms with Gasteiger partial charge in [-0.25, -0.2) is 0 Å². The zero-order valence-corrected chi connectivity index (χ0v) is 17.4. The Hall–Kier alpha value is -0.260. The molecule has 0 unspecified atom stereocenters. The number of hydrogen-bond acceptors (Lipinski definition) is 0. The molecule has 0 bridgehead atoms. The summed E-state index contributed by atoms with van der Waals surface area (Å²) in [4.78, 5) is 0. The van der Waals surface area contributed by atoms with E-state index < -0.39 is 0 Å². The SMILES string of the molecule is C=C1CC[C@H]2C[C@@H]3[C@H]4[C@@H]5[C@@H](C(C)C)CC[C@@]5(C)CC[C@]4(C)C[C@@H]3[C@@]12C. The van der Waals surface area contributed by atoms with Gasteiger partial charge in [-0.05, 0) is 109 Å². The quantitative estimate of drug-likeness (QED) is 0.446. The van der Waals surface area contributed by atoms with Gasteiger partial charge in [-0.1, -0.05) is 46.8 Å². The Kier molecular flexibility index (Phi) is 3.35. The van der Waals surface area contributed by atoms with Gasteiger partial charge in [0.1, 0.15) is 0 Å². The van der Waals surface area contributed by atoms with E-state index in [1.54, 1.807) is 5.57 Å². The van der Waals surface area contributed by atoms with Crippen LogP contribution in [0.2, 0.25) is 0 Å². The molecule has 0 nitrogen and oxygen atoms in total. The maximum Gasteiger partial charge on any atom is -0.00594 e. The number of allylic oxidation sites excluding steroid dienone is 1. The maximum atomic E-state index is 4.59. The molecule has 5 fully saturated rings. The van der Waals surface area contributed by atoms with Crippen molar-refractivity contribution in [1.82, 2.24) is 0 Å². The van der Waals surface area contributed by atoms with Crippen LogP contribution in [-0.4, -0.2) is 0 Å². The molecule has 0 heteroatoms. The van der Waals surface area contributed by atoms with Crippen LogP contribution in [0.1, 0.15) is 86.0 Å². The molecular weight excluding hydrogens is 300 g/mol. The van der Waals surface area contributed by atoms with Crippen molar-refractivity contribution in [1.29, 1.82) is 0 Å². The lowest BCUT2D eigenvalue weighted by molar-refractivity contribution is -0.0463. The largest absolute Gasteiger partial charge is 0.0993 e. The molecule has 0 radical (unpaired) electrons. The molecule has 0 heterocycles. The zero-order chi connectivity index (χ0) is 17.8. The van der Waals surface area contributed by atoms with E-state index in [-0.39, 0.29) is 0 Å². The van der Waals surface area contributed by atoms with Crippen LogP contribution in [0.5, 0.6) is 0 Å². The van der Waals surface area contributed by atoms with Crippen molar-refractivity contribution in [2.75, 3.05) is 0 Å². The summed E-state index contributed by atoms with van der Waals surface area (Å²) in [5.74, 6) is 6.83. The summed E-state index contributed by atoms with van der Waals surface area (Å²) in [6.45, 7) is 17.6. The molecule has 0 spiro atoms. The maximum absolute atomic E-state index is 4.59. The molecule has 0 aromatic carbocycles. The molecule has 0 amide bonds. The summed E-state index contributed by atoms with van der Waals surface area (Å²) >= 11 is 0. The molecule has 25 heavy (non-hydrogen) atoms. The van der Waals surface area contributed by atoms with Gasteiger partial charge >= 0.3 is 0 Å². The summed E-state index contributed by atoms with van der Waals surface area (Å²) in [5, 5.41) is 0. The second kappa shape index (κ2) is 4.96. The zero-order valence-electron chi connectivity index (χ0n) is 17.4. The van der Waals surface area contributed by atoms with E-state index in [2.05, 4.69) is 41.2 Å². The smallest absolute Gasteiger partial charge is 0.00594 e. The molecule has 140 valence electrons. The van der Waals surface area contributed by atoms with E-state index in [1.807, 2.05) is 0 Å². The standard InChI is InChI=1S/C25H40/c1-15(2)18-9-10-23(4)11-12-24(5)14-20-19(22(24)21(18)23)13-17-8-7-16(3)25(17,20)6/h15,17-22H,3,7-14H2,1-2,4-6H3/t17-,18+,19-,20-,21-,22-,23-,24+,25-/m0/s1. The molecular formula is C25H40. The third-order valence-electron chi connectivity index (χ3n) is 11.0. The van der Waals surface area contributed by atoms with Crippen LogP contribution in [0, 0.1) is 57.7 Å². The summed E-state index contributed by atoms with van der Waals surface area (Å²) < 4.78 is 0. The van der Waals surface area contributed by atoms with Crippen LogP contribution in [0.25, 0.3) is 0 Å². The van der Waals surface area contributed by atoms with Crippen LogP contribution in [0.15, 0.2) is 12.2 Å². The average molecular weight is 341 g/mol. The van der Waals surface area contributed by atoms with Crippen LogP contribution in [0.3, 0.4) is 0 Å². The number of rotatable bonds is 1. The first-order valence-electron chi connectivity index (χ1n) is 11.4. The van der Waals surface area contributed by atoms with Crippen LogP contribution in [-0.2, 0) is 0 Å². The monoisotopic (exact) mass is 340 g/mol. The van der Waals surface area contributed by atoms with Crippen LogP contribution in [0.4, 0.5) is 0 Å². The van der Waals surface area contributed by atoms with Gasteiger partial charge in [-0.15, -0.1) is 0 Å². The highest BCUT2D eigenvalue weighted by Crippen LogP contribution is 2.77. The van der Waals surface area contributed by atoms with Crippen molar-refractivity contribution >= 4 is 0 Å². The van der Waals surface area contributed by atoms with E-state index in [0.29, 0.717) is 16.2 Å². The predicted octanol–water partition coefficient (Wildman–Crippen LogP) is 7.10. The fourth-order valence-electron chi connectivity index (χ4n) is 9.63. The third-order valence-corrected chi connectivity index (χ3v) is 11.0. The van der Waals surface area contributed by atoms with Crippen molar-refractivity contribution in [3.05, 3.63) is 12.2 Å². The third kappa shape index (κ3) is 1.91. The summed E-state index contributed by atoms with van der Waals surface area (Å²) in [5.41, 5.74) is 3.41. The lowest BCUT2D eigenvalue weighted by Crippen LogP contribution is -2.46. The van der Waals surface area contributed by atoms with Crippen molar-refractivity contribution in [2.24, 2.45) is 57.7 Å². The second-order valence-corrected chi connectivity index (χ2v) is 12.1. The molecule has 9 atom stereocenters. The molecule has 5 rings (SSSR count). The first kappa shape index (κ1) is 16.9. The van der Waals surface area contributed by atoms with Gasteiger partial charge < -0.3 is 0 Å². The Balaban J connectivity index is 1.57. The highest BCUT2D eigenvalue weighted by Gasteiger charge is 2.69. The van der Waals surface area contributed by atoms with E-state index in [4.69, 9.17) is 0 Å². The van der Waals surface area contributed by atoms with E-state index in [0.717, 1.165) is 41.4 Å². The lowest BCUT2D eigenvalue weighted by atomic mass is 9.52. The minimum absolute atomic E-state index is 0.493. The normalized spacial score (nSPS) is 59.8. The van der Waals surface area contributed by atoms with Crippen molar-refractivity contribution in [3.8, 4) is 0 Å². The van der Waals surface area contributed by atoms with Crippen LogP contribution < -0.4 is 0 Å². The van der Waals surface area contributed by atoms with Gasteiger partial charge in [-0.2, -0.15) is 0 Å². The highest BCUT2D eigenvalue weighted by molar-refractivity contribution is 5.27. The Bertz CT molecular complexity index is 601. The Morgan fingerprint density at radius 2 is 1.68 bits per heavy atom. The Labute approximate surface area is 156 Å². The summed E-state index contributed by atoms with van der Waals surface area (Å²) in [7, 11) is 0. The average Bonchev–Trinajstić information content (AvgIpc) is 3.20. The highest BCUT2D eigenvalue weighted by atomic mass is 14.7. The van der Waals surface area contributed by atoms with Gasteiger partial charge in [-0.3, -0.25) is 0 Å².